The van der Waals surface area contributed by atoms with Gasteiger partial charge >= 0.3 is 0 Å². The molecule has 0 saturated carbocycles. The quantitative estimate of drug-likeness (QED) is 0.666. The van der Waals surface area contributed by atoms with Crippen molar-refractivity contribution in [3.63, 3.8) is 0 Å². The Kier molecular flexibility index (Phi) is 5.11. The Morgan fingerprint density at radius 3 is 2.78 bits per heavy atom. The van der Waals surface area contributed by atoms with Gasteiger partial charge in [0.1, 0.15) is 0 Å². The van der Waals surface area contributed by atoms with Gasteiger partial charge in [-0.25, -0.2) is 9.67 Å². The summed E-state index contributed by atoms with van der Waals surface area (Å²) >= 11 is 0. The standard InChI is InChI=1S/C20H24N6O/c1-24-15-22-13-17(24)8-12-25-11-2-3-18(25)14-26-20(27)5-4-19(23-26)16-6-9-21-10-7-16/h4-7,9-10,13,15,18H,2-3,8,11-12,14H2,1H3. The molecule has 7 nitrogen and oxygen atoms in total. The third-order valence-corrected chi connectivity index (χ3v) is 5.30. The van der Waals surface area contributed by atoms with Crippen LogP contribution in [0.4, 0.5) is 0 Å². The summed E-state index contributed by atoms with van der Waals surface area (Å²) < 4.78 is 3.68. The zero-order valence-corrected chi connectivity index (χ0v) is 15.5. The van der Waals surface area contributed by atoms with E-state index in [1.54, 1.807) is 29.2 Å². The van der Waals surface area contributed by atoms with E-state index >= 15 is 0 Å². The third kappa shape index (κ3) is 3.98. The van der Waals surface area contributed by atoms with Crippen molar-refractivity contribution in [1.29, 1.82) is 0 Å². The van der Waals surface area contributed by atoms with Crippen LogP contribution in [-0.2, 0) is 20.0 Å². The van der Waals surface area contributed by atoms with Crippen molar-refractivity contribution in [2.45, 2.75) is 31.8 Å². The van der Waals surface area contributed by atoms with Crippen LogP contribution >= 0.6 is 0 Å². The van der Waals surface area contributed by atoms with Crippen molar-refractivity contribution >= 4 is 0 Å². The zero-order valence-electron chi connectivity index (χ0n) is 15.5. The molecule has 0 amide bonds. The van der Waals surface area contributed by atoms with Gasteiger partial charge in [0.25, 0.3) is 5.56 Å². The van der Waals surface area contributed by atoms with Gasteiger partial charge in [0.05, 0.1) is 18.6 Å². The first-order valence-corrected chi connectivity index (χ1v) is 9.38. The summed E-state index contributed by atoms with van der Waals surface area (Å²) in [5.74, 6) is 0. The summed E-state index contributed by atoms with van der Waals surface area (Å²) in [6.07, 6.45) is 10.5. The lowest BCUT2D eigenvalue weighted by Crippen LogP contribution is -2.38. The summed E-state index contributed by atoms with van der Waals surface area (Å²) in [4.78, 5) is 23.0. The highest BCUT2D eigenvalue weighted by molar-refractivity contribution is 5.56. The maximum absolute atomic E-state index is 12.3. The molecule has 27 heavy (non-hydrogen) atoms. The molecule has 4 heterocycles. The highest BCUT2D eigenvalue weighted by atomic mass is 16.1. The summed E-state index contributed by atoms with van der Waals surface area (Å²) in [7, 11) is 2.03. The van der Waals surface area contributed by atoms with Gasteiger partial charge in [-0.1, -0.05) is 0 Å². The first kappa shape index (κ1) is 17.6. The molecule has 0 radical (unpaired) electrons. The van der Waals surface area contributed by atoms with Crippen LogP contribution in [-0.4, -0.2) is 48.3 Å². The fourth-order valence-electron chi connectivity index (χ4n) is 3.74. The molecule has 3 aromatic rings. The largest absolute Gasteiger partial charge is 0.338 e. The van der Waals surface area contributed by atoms with Crippen molar-refractivity contribution < 1.29 is 0 Å². The van der Waals surface area contributed by atoms with Crippen LogP contribution in [0.3, 0.4) is 0 Å². The van der Waals surface area contributed by atoms with Crippen molar-refractivity contribution in [2.75, 3.05) is 13.1 Å². The smallest absolute Gasteiger partial charge is 0.266 e. The van der Waals surface area contributed by atoms with Crippen molar-refractivity contribution in [3.8, 4) is 11.3 Å². The van der Waals surface area contributed by atoms with Crippen LogP contribution < -0.4 is 5.56 Å². The van der Waals surface area contributed by atoms with Gasteiger partial charge in [-0.2, -0.15) is 5.10 Å². The van der Waals surface area contributed by atoms with Gasteiger partial charge in [0.15, 0.2) is 0 Å². The topological polar surface area (TPSA) is 68.8 Å². The van der Waals surface area contributed by atoms with Crippen molar-refractivity contribution in [2.24, 2.45) is 7.05 Å². The number of aryl methyl sites for hydroxylation is 1. The highest BCUT2D eigenvalue weighted by Gasteiger charge is 2.25. The Labute approximate surface area is 158 Å². The molecule has 0 aromatic carbocycles. The first-order chi connectivity index (χ1) is 13.2. The Balaban J connectivity index is 1.47. The fraction of sp³-hybridized carbons (Fsp3) is 0.400. The number of hydrogen-bond donors (Lipinski definition) is 0. The number of aromatic nitrogens is 5. The van der Waals surface area contributed by atoms with E-state index in [0.29, 0.717) is 12.6 Å². The first-order valence-electron chi connectivity index (χ1n) is 9.38. The number of likely N-dealkylation sites (tertiary alicyclic amines) is 1. The van der Waals surface area contributed by atoms with Crippen LogP contribution in [0.25, 0.3) is 11.3 Å². The van der Waals surface area contributed by atoms with Crippen molar-refractivity contribution in [3.05, 3.63) is 65.2 Å². The number of imidazole rings is 1. The molecular weight excluding hydrogens is 340 g/mol. The molecule has 0 spiro atoms. The molecule has 4 rings (SSSR count). The second-order valence-corrected chi connectivity index (χ2v) is 7.05. The van der Waals surface area contributed by atoms with E-state index in [2.05, 4.69) is 24.5 Å². The van der Waals surface area contributed by atoms with Crippen LogP contribution in [0.1, 0.15) is 18.5 Å². The minimum atomic E-state index is -0.0497. The Hall–Kier alpha value is -2.80. The van der Waals surface area contributed by atoms with E-state index in [4.69, 9.17) is 0 Å². The number of hydrogen-bond acceptors (Lipinski definition) is 5. The van der Waals surface area contributed by atoms with E-state index in [9.17, 15) is 4.79 Å². The number of nitrogens with zero attached hydrogens (tertiary/aromatic N) is 6. The maximum Gasteiger partial charge on any atom is 0.266 e. The molecular formula is C20H24N6O. The normalized spacial score (nSPS) is 17.4. The fourth-order valence-corrected chi connectivity index (χ4v) is 3.74. The predicted molar refractivity (Wildman–Crippen MR) is 103 cm³/mol. The molecule has 1 saturated heterocycles. The molecule has 140 valence electrons. The van der Waals surface area contributed by atoms with Crippen LogP contribution in [0.2, 0.25) is 0 Å². The van der Waals surface area contributed by atoms with Crippen LogP contribution in [0, 0.1) is 0 Å². The Morgan fingerprint density at radius 1 is 1.15 bits per heavy atom. The van der Waals surface area contributed by atoms with E-state index in [-0.39, 0.29) is 5.56 Å². The molecule has 1 aliphatic heterocycles. The van der Waals surface area contributed by atoms with Crippen molar-refractivity contribution in [1.82, 2.24) is 29.2 Å². The Bertz CT molecular complexity index is 948. The molecule has 7 heteroatoms. The predicted octanol–water partition coefficient (Wildman–Crippen LogP) is 1.75. The number of rotatable bonds is 6. The average molecular weight is 364 g/mol. The van der Waals surface area contributed by atoms with Gasteiger partial charge < -0.3 is 4.57 Å². The summed E-state index contributed by atoms with van der Waals surface area (Å²) in [6, 6.07) is 7.55. The SMILES string of the molecule is Cn1cncc1CCN1CCCC1Cn1nc(-c2ccncc2)ccc1=O. The lowest BCUT2D eigenvalue weighted by Gasteiger charge is -2.24. The molecule has 3 aromatic heterocycles. The summed E-state index contributed by atoms with van der Waals surface area (Å²) in [5.41, 5.74) is 2.96. The molecule has 1 unspecified atom stereocenters. The van der Waals surface area contributed by atoms with Gasteiger partial charge in [0, 0.05) is 62.0 Å². The second-order valence-electron chi connectivity index (χ2n) is 7.05. The van der Waals surface area contributed by atoms with E-state index < -0.39 is 0 Å². The van der Waals surface area contributed by atoms with Gasteiger partial charge in [-0.3, -0.25) is 14.7 Å². The van der Waals surface area contributed by atoms with Crippen LogP contribution in [0.5, 0.6) is 0 Å². The third-order valence-electron chi connectivity index (χ3n) is 5.30. The molecule has 0 bridgehead atoms. The Morgan fingerprint density at radius 2 is 2.00 bits per heavy atom. The van der Waals surface area contributed by atoms with E-state index in [0.717, 1.165) is 43.6 Å². The minimum absolute atomic E-state index is 0.0497. The molecule has 0 aliphatic carbocycles. The molecule has 1 fully saturated rings. The lowest BCUT2D eigenvalue weighted by atomic mass is 10.2. The second kappa shape index (κ2) is 7.84. The van der Waals surface area contributed by atoms with Crippen LogP contribution in [0.15, 0.2) is 54.0 Å². The molecule has 0 N–H and O–H groups in total. The number of pyridine rings is 1. The lowest BCUT2D eigenvalue weighted by molar-refractivity contribution is 0.226. The monoisotopic (exact) mass is 364 g/mol. The van der Waals surface area contributed by atoms with E-state index in [1.165, 1.54) is 5.69 Å². The minimum Gasteiger partial charge on any atom is -0.338 e. The highest BCUT2D eigenvalue weighted by Crippen LogP contribution is 2.19. The van der Waals surface area contributed by atoms with E-state index in [1.807, 2.05) is 31.7 Å². The molecule has 1 atom stereocenters. The average Bonchev–Trinajstić information content (AvgIpc) is 3.31. The summed E-state index contributed by atoms with van der Waals surface area (Å²) in [5, 5.41) is 4.60. The van der Waals surface area contributed by atoms with Gasteiger partial charge in [0.2, 0.25) is 0 Å². The zero-order chi connectivity index (χ0) is 18.6. The van der Waals surface area contributed by atoms with Gasteiger partial charge in [-0.05, 0) is 37.6 Å². The molecule has 1 aliphatic rings. The summed E-state index contributed by atoms with van der Waals surface area (Å²) in [6.45, 7) is 2.67. The van der Waals surface area contributed by atoms with Gasteiger partial charge in [-0.15, -0.1) is 0 Å². The maximum atomic E-state index is 12.3.